The van der Waals surface area contributed by atoms with Crippen LogP contribution in [-0.2, 0) is 24.0 Å². The number of halogens is 1. The quantitative estimate of drug-likeness (QED) is 0.498. The highest BCUT2D eigenvalue weighted by Crippen LogP contribution is 2.40. The number of benzene rings is 1. The Bertz CT molecular complexity index is 859. The zero-order valence-electron chi connectivity index (χ0n) is 15.8. The molecule has 1 saturated heterocycles. The van der Waals surface area contributed by atoms with Gasteiger partial charge < -0.3 is 30.3 Å². The Morgan fingerprint density at radius 3 is 2.52 bits per heavy atom. The lowest BCUT2D eigenvalue weighted by molar-refractivity contribution is -0.232. The molecule has 0 bridgehead atoms. The first kappa shape index (κ1) is 21.1. The van der Waals surface area contributed by atoms with Gasteiger partial charge in [-0.15, -0.1) is 11.3 Å². The zero-order valence-corrected chi connectivity index (χ0v) is 17.4. The maximum Gasteiger partial charge on any atom is 0.122 e. The fourth-order valence-corrected chi connectivity index (χ4v) is 5.68. The molecule has 2 aliphatic rings. The predicted molar refractivity (Wildman–Crippen MR) is 110 cm³/mol. The third-order valence-corrected chi connectivity index (χ3v) is 7.40. The standard InChI is InChI=1S/C21H25ClO6S/c22-14-8-15(24)13(21-20(27)19(26)18(25)16(9-23)28-21)7-11(14)6-12-5-10-3-1-2-4-17(10)29-12/h5,7-8,16,18-21,23-27H,1-4,6,9H2/t16-,18-,19+,20-,21+/m1/s1. The van der Waals surface area contributed by atoms with Gasteiger partial charge in [0.05, 0.1) is 6.61 Å². The fourth-order valence-electron chi connectivity index (χ4n) is 4.18. The Kier molecular flexibility index (Phi) is 6.18. The van der Waals surface area contributed by atoms with E-state index in [1.165, 1.54) is 34.2 Å². The molecular weight excluding hydrogens is 416 g/mol. The van der Waals surface area contributed by atoms with Crippen molar-refractivity contribution in [3.8, 4) is 5.75 Å². The number of aliphatic hydroxyl groups is 4. The average molecular weight is 441 g/mol. The van der Waals surface area contributed by atoms with Gasteiger partial charge in [-0.25, -0.2) is 0 Å². The number of thiophene rings is 1. The molecule has 2 aromatic rings. The van der Waals surface area contributed by atoms with Gasteiger partial charge in [-0.3, -0.25) is 0 Å². The summed E-state index contributed by atoms with van der Waals surface area (Å²) in [6, 6.07) is 5.29. The summed E-state index contributed by atoms with van der Waals surface area (Å²) in [5.74, 6) is -0.173. The molecule has 1 aliphatic heterocycles. The molecule has 1 aromatic carbocycles. The van der Waals surface area contributed by atoms with Gasteiger partial charge in [-0.2, -0.15) is 0 Å². The number of rotatable bonds is 4. The van der Waals surface area contributed by atoms with Gasteiger partial charge in [-0.05, 0) is 55.0 Å². The van der Waals surface area contributed by atoms with Crippen molar-refractivity contribution >= 4 is 22.9 Å². The first-order chi connectivity index (χ1) is 13.9. The van der Waals surface area contributed by atoms with Crippen LogP contribution in [0.2, 0.25) is 5.02 Å². The number of phenols is 1. The van der Waals surface area contributed by atoms with E-state index in [1.54, 1.807) is 17.4 Å². The van der Waals surface area contributed by atoms with E-state index in [0.717, 1.165) is 18.4 Å². The summed E-state index contributed by atoms with van der Waals surface area (Å²) in [5, 5.41) is 50.7. The molecule has 0 saturated carbocycles. The third kappa shape index (κ3) is 4.05. The number of hydrogen-bond donors (Lipinski definition) is 5. The van der Waals surface area contributed by atoms with Crippen molar-refractivity contribution in [3.63, 3.8) is 0 Å². The Balaban J connectivity index is 1.64. The maximum atomic E-state index is 10.4. The highest BCUT2D eigenvalue weighted by molar-refractivity contribution is 7.12. The molecule has 158 valence electrons. The van der Waals surface area contributed by atoms with Crippen LogP contribution in [0.4, 0.5) is 0 Å². The second kappa shape index (κ2) is 8.51. The molecule has 6 nitrogen and oxygen atoms in total. The molecule has 5 atom stereocenters. The van der Waals surface area contributed by atoms with Crippen LogP contribution in [-0.4, -0.2) is 56.6 Å². The average Bonchev–Trinajstić information content (AvgIpc) is 3.11. The summed E-state index contributed by atoms with van der Waals surface area (Å²) < 4.78 is 5.60. The number of hydrogen-bond acceptors (Lipinski definition) is 7. The van der Waals surface area contributed by atoms with E-state index in [-0.39, 0.29) is 11.3 Å². The molecule has 0 unspecified atom stereocenters. The monoisotopic (exact) mass is 440 g/mol. The number of fused-ring (bicyclic) bond motifs is 1. The molecule has 29 heavy (non-hydrogen) atoms. The van der Waals surface area contributed by atoms with Crippen LogP contribution in [0.5, 0.6) is 5.75 Å². The number of ether oxygens (including phenoxy) is 1. The molecular formula is C21H25ClO6S. The summed E-state index contributed by atoms with van der Waals surface area (Å²) >= 11 is 8.15. The first-order valence-electron chi connectivity index (χ1n) is 9.81. The van der Waals surface area contributed by atoms with Crippen molar-refractivity contribution in [3.05, 3.63) is 49.7 Å². The van der Waals surface area contributed by atoms with Crippen molar-refractivity contribution in [1.82, 2.24) is 0 Å². The minimum absolute atomic E-state index is 0.173. The van der Waals surface area contributed by atoms with Crippen LogP contribution in [0.3, 0.4) is 0 Å². The van der Waals surface area contributed by atoms with Crippen molar-refractivity contribution < 1.29 is 30.3 Å². The summed E-state index contributed by atoms with van der Waals surface area (Å²) in [4.78, 5) is 2.61. The lowest BCUT2D eigenvalue weighted by Gasteiger charge is -2.40. The summed E-state index contributed by atoms with van der Waals surface area (Å²) in [6.07, 6.45) is -1.32. The molecule has 2 heterocycles. The topological polar surface area (TPSA) is 110 Å². The molecule has 5 N–H and O–H groups in total. The van der Waals surface area contributed by atoms with E-state index in [2.05, 4.69) is 6.07 Å². The van der Waals surface area contributed by atoms with Gasteiger partial charge in [0.25, 0.3) is 0 Å². The number of aliphatic hydroxyl groups excluding tert-OH is 4. The van der Waals surface area contributed by atoms with Crippen molar-refractivity contribution in [1.29, 1.82) is 0 Å². The Morgan fingerprint density at radius 1 is 1.03 bits per heavy atom. The van der Waals surface area contributed by atoms with Gasteiger partial charge in [0.15, 0.2) is 0 Å². The van der Waals surface area contributed by atoms with Crippen LogP contribution in [0, 0.1) is 0 Å². The highest BCUT2D eigenvalue weighted by atomic mass is 35.5. The van der Waals surface area contributed by atoms with E-state index < -0.39 is 37.1 Å². The van der Waals surface area contributed by atoms with Gasteiger partial charge in [0.1, 0.15) is 36.3 Å². The highest BCUT2D eigenvalue weighted by Gasteiger charge is 2.44. The largest absolute Gasteiger partial charge is 0.508 e. The summed E-state index contributed by atoms with van der Waals surface area (Å²) in [5.41, 5.74) is 2.44. The van der Waals surface area contributed by atoms with E-state index in [9.17, 15) is 25.5 Å². The minimum atomic E-state index is -1.51. The molecule has 0 radical (unpaired) electrons. The number of aromatic hydroxyl groups is 1. The SMILES string of the molecule is OC[C@H]1O[C@@H](c2cc(Cc3cc4c(s3)CCCC4)c(Cl)cc2O)[C@H](O)[C@@H](O)[C@@H]1O. The maximum absolute atomic E-state index is 10.4. The summed E-state index contributed by atoms with van der Waals surface area (Å²) in [7, 11) is 0. The molecule has 0 amide bonds. The van der Waals surface area contributed by atoms with Crippen LogP contribution >= 0.6 is 22.9 Å². The van der Waals surface area contributed by atoms with Crippen molar-refractivity contribution in [2.24, 2.45) is 0 Å². The van der Waals surface area contributed by atoms with Crippen LogP contribution in [0.25, 0.3) is 0 Å². The van der Waals surface area contributed by atoms with Crippen molar-refractivity contribution in [2.45, 2.75) is 62.6 Å². The molecule has 4 rings (SSSR count). The van der Waals surface area contributed by atoms with Crippen molar-refractivity contribution in [2.75, 3.05) is 6.61 Å². The van der Waals surface area contributed by atoms with E-state index in [1.807, 2.05) is 0 Å². The third-order valence-electron chi connectivity index (χ3n) is 5.81. The second-order valence-corrected chi connectivity index (χ2v) is 9.43. The van der Waals surface area contributed by atoms with Crippen LogP contribution in [0.15, 0.2) is 18.2 Å². The van der Waals surface area contributed by atoms with Gasteiger partial charge in [0.2, 0.25) is 0 Å². The summed E-state index contributed by atoms with van der Waals surface area (Å²) in [6.45, 7) is -0.524. The van der Waals surface area contributed by atoms with Gasteiger partial charge in [0, 0.05) is 26.8 Å². The molecule has 1 fully saturated rings. The molecule has 1 aliphatic carbocycles. The smallest absolute Gasteiger partial charge is 0.122 e. The Labute approximate surface area is 178 Å². The minimum Gasteiger partial charge on any atom is -0.508 e. The van der Waals surface area contributed by atoms with Crippen LogP contribution < -0.4 is 0 Å². The van der Waals surface area contributed by atoms with Crippen LogP contribution in [0.1, 0.15) is 45.4 Å². The lowest BCUT2D eigenvalue weighted by Crippen LogP contribution is -2.55. The predicted octanol–water partition coefficient (Wildman–Crippen LogP) is 2.09. The zero-order chi connectivity index (χ0) is 20.7. The van der Waals surface area contributed by atoms with Gasteiger partial charge in [-0.1, -0.05) is 11.6 Å². The second-order valence-electron chi connectivity index (χ2n) is 7.80. The van der Waals surface area contributed by atoms with E-state index in [0.29, 0.717) is 11.4 Å². The Hall–Kier alpha value is -1.19. The number of phenolic OH excluding ortho intramolecular Hbond substituents is 1. The van der Waals surface area contributed by atoms with E-state index >= 15 is 0 Å². The lowest BCUT2D eigenvalue weighted by atomic mass is 9.90. The molecule has 8 heteroatoms. The fraction of sp³-hybridized carbons (Fsp3) is 0.524. The molecule has 0 spiro atoms. The molecule has 1 aromatic heterocycles. The van der Waals surface area contributed by atoms with E-state index in [4.69, 9.17) is 16.3 Å². The first-order valence-corrected chi connectivity index (χ1v) is 11.0. The Morgan fingerprint density at radius 2 is 1.79 bits per heavy atom. The number of aryl methyl sites for hydroxylation is 2. The normalized spacial score (nSPS) is 29.6. The van der Waals surface area contributed by atoms with Gasteiger partial charge >= 0.3 is 0 Å².